The largest absolute Gasteiger partial charge is 0.394 e. The van der Waals surface area contributed by atoms with Crippen LogP contribution < -0.4 is 5.32 Å². The maximum Gasteiger partial charge on any atom is 0.261 e. The van der Waals surface area contributed by atoms with E-state index in [2.05, 4.69) is 21.2 Å². The molecule has 0 unspecified atom stereocenters. The molecule has 2 rings (SSSR count). The van der Waals surface area contributed by atoms with Crippen LogP contribution >= 0.6 is 27.3 Å². The summed E-state index contributed by atoms with van der Waals surface area (Å²) in [4.78, 5) is 12.9. The van der Waals surface area contributed by atoms with Crippen LogP contribution in [0.3, 0.4) is 0 Å². The zero-order valence-electron chi connectivity index (χ0n) is 10.5. The van der Waals surface area contributed by atoms with Gasteiger partial charge < -0.3 is 10.4 Å². The van der Waals surface area contributed by atoms with E-state index in [1.54, 1.807) is 0 Å². The highest BCUT2D eigenvalue weighted by Crippen LogP contribution is 2.30. The minimum Gasteiger partial charge on any atom is -0.394 e. The maximum absolute atomic E-state index is 12.2. The highest BCUT2D eigenvalue weighted by atomic mass is 79.9. The number of aliphatic hydroxyl groups is 1. The molecule has 0 aliphatic heterocycles. The first-order valence-corrected chi connectivity index (χ1v) is 7.87. The lowest BCUT2D eigenvalue weighted by Crippen LogP contribution is -2.52. The Labute approximate surface area is 120 Å². The topological polar surface area (TPSA) is 49.3 Å². The number of carbonyl (C=O) groups is 1. The summed E-state index contributed by atoms with van der Waals surface area (Å²) in [5, 5.41) is 12.6. The number of halogens is 1. The molecule has 0 bridgehead atoms. The first-order chi connectivity index (χ1) is 8.56. The predicted octanol–water partition coefficient (Wildman–Crippen LogP) is 3.24. The van der Waals surface area contributed by atoms with Gasteiger partial charge >= 0.3 is 0 Å². The summed E-state index contributed by atoms with van der Waals surface area (Å²) >= 11 is 4.87. The van der Waals surface area contributed by atoms with Crippen LogP contribution in [0.5, 0.6) is 0 Å². The number of aryl methyl sites for hydroxylation is 1. The van der Waals surface area contributed by atoms with E-state index >= 15 is 0 Å². The van der Waals surface area contributed by atoms with E-state index in [1.807, 2.05) is 13.0 Å². The van der Waals surface area contributed by atoms with E-state index in [4.69, 9.17) is 0 Å². The molecular formula is C13H18BrNO2S. The van der Waals surface area contributed by atoms with Gasteiger partial charge in [0, 0.05) is 0 Å². The third-order valence-corrected chi connectivity index (χ3v) is 5.71. The van der Waals surface area contributed by atoms with Crippen molar-refractivity contribution in [3.63, 3.8) is 0 Å². The smallest absolute Gasteiger partial charge is 0.261 e. The molecule has 1 heterocycles. The van der Waals surface area contributed by atoms with Crippen LogP contribution in [0.1, 0.15) is 47.3 Å². The van der Waals surface area contributed by atoms with Crippen LogP contribution in [0.15, 0.2) is 9.85 Å². The minimum absolute atomic E-state index is 0.0320. The van der Waals surface area contributed by atoms with Crippen molar-refractivity contribution in [2.24, 2.45) is 0 Å². The van der Waals surface area contributed by atoms with Gasteiger partial charge in [-0.3, -0.25) is 4.79 Å². The highest BCUT2D eigenvalue weighted by molar-refractivity contribution is 9.11. The Morgan fingerprint density at radius 1 is 1.50 bits per heavy atom. The Balaban J connectivity index is 2.09. The zero-order valence-corrected chi connectivity index (χ0v) is 12.9. The summed E-state index contributed by atoms with van der Waals surface area (Å²) in [6, 6.07) is 1.89. The molecule has 5 heteroatoms. The number of hydrogen-bond acceptors (Lipinski definition) is 3. The zero-order chi connectivity index (χ0) is 13.2. The Bertz CT molecular complexity index is 419. The van der Waals surface area contributed by atoms with Gasteiger partial charge in [0.1, 0.15) is 0 Å². The van der Waals surface area contributed by atoms with E-state index in [9.17, 15) is 9.90 Å². The first-order valence-electron chi connectivity index (χ1n) is 6.26. The molecule has 0 spiro atoms. The molecule has 1 saturated carbocycles. The molecule has 3 nitrogen and oxygen atoms in total. The monoisotopic (exact) mass is 331 g/mol. The van der Waals surface area contributed by atoms with Crippen molar-refractivity contribution in [2.45, 2.75) is 44.6 Å². The molecule has 1 aliphatic rings. The van der Waals surface area contributed by atoms with Gasteiger partial charge in [-0.1, -0.05) is 19.3 Å². The summed E-state index contributed by atoms with van der Waals surface area (Å²) < 4.78 is 0.995. The van der Waals surface area contributed by atoms with E-state index in [-0.39, 0.29) is 12.5 Å². The number of nitrogens with one attached hydrogen (secondary N) is 1. The van der Waals surface area contributed by atoms with E-state index in [0.717, 1.165) is 35.0 Å². The number of thiophene rings is 1. The summed E-state index contributed by atoms with van der Waals surface area (Å²) in [7, 11) is 0. The lowest BCUT2D eigenvalue weighted by molar-refractivity contribution is 0.0762. The van der Waals surface area contributed by atoms with Gasteiger partial charge in [0.15, 0.2) is 0 Å². The van der Waals surface area contributed by atoms with Gasteiger partial charge in [0.25, 0.3) is 5.91 Å². The van der Waals surface area contributed by atoms with Crippen LogP contribution in [0, 0.1) is 6.92 Å². The van der Waals surface area contributed by atoms with Gasteiger partial charge in [-0.15, -0.1) is 11.3 Å². The second-order valence-corrected chi connectivity index (χ2v) is 7.39. The Kier molecular flexibility index (Phi) is 4.45. The first kappa shape index (κ1) is 14.0. The van der Waals surface area contributed by atoms with Gasteiger partial charge in [-0.2, -0.15) is 0 Å². The van der Waals surface area contributed by atoms with Gasteiger partial charge in [0.05, 0.1) is 20.8 Å². The average molecular weight is 332 g/mol. The molecule has 0 aromatic carbocycles. The fraction of sp³-hybridized carbons (Fsp3) is 0.615. The van der Waals surface area contributed by atoms with Gasteiger partial charge in [-0.05, 0) is 47.3 Å². The summed E-state index contributed by atoms with van der Waals surface area (Å²) in [6.45, 7) is 2.00. The molecule has 0 saturated heterocycles. The van der Waals surface area contributed by atoms with Crippen LogP contribution in [0.25, 0.3) is 0 Å². The average Bonchev–Trinajstić information content (AvgIpc) is 2.71. The Hall–Kier alpha value is -0.390. The lowest BCUT2D eigenvalue weighted by Gasteiger charge is -2.36. The summed E-state index contributed by atoms with van der Waals surface area (Å²) in [5.74, 6) is -0.0650. The lowest BCUT2D eigenvalue weighted by atomic mass is 9.82. The van der Waals surface area contributed by atoms with Crippen molar-refractivity contribution in [1.82, 2.24) is 5.32 Å². The quantitative estimate of drug-likeness (QED) is 0.893. The van der Waals surface area contributed by atoms with Crippen LogP contribution in [-0.4, -0.2) is 23.2 Å². The van der Waals surface area contributed by atoms with Crippen LogP contribution in [-0.2, 0) is 0 Å². The molecule has 1 aliphatic carbocycles. The van der Waals surface area contributed by atoms with Gasteiger partial charge in [0.2, 0.25) is 0 Å². The second kappa shape index (κ2) is 5.72. The second-order valence-electron chi connectivity index (χ2n) is 5.02. The van der Waals surface area contributed by atoms with E-state index < -0.39 is 5.54 Å². The van der Waals surface area contributed by atoms with E-state index in [1.165, 1.54) is 17.8 Å². The molecule has 1 aromatic rings. The van der Waals surface area contributed by atoms with Crippen molar-refractivity contribution >= 4 is 33.2 Å². The molecule has 18 heavy (non-hydrogen) atoms. The van der Waals surface area contributed by atoms with Crippen molar-refractivity contribution in [2.75, 3.05) is 6.61 Å². The normalized spacial score (nSPS) is 18.6. The van der Waals surface area contributed by atoms with Crippen molar-refractivity contribution in [1.29, 1.82) is 0 Å². The molecule has 0 radical (unpaired) electrons. The molecule has 2 N–H and O–H groups in total. The molecule has 1 amide bonds. The number of rotatable bonds is 3. The van der Waals surface area contributed by atoms with E-state index in [0.29, 0.717) is 4.88 Å². The number of hydrogen-bond donors (Lipinski definition) is 2. The fourth-order valence-electron chi connectivity index (χ4n) is 2.43. The van der Waals surface area contributed by atoms with Crippen molar-refractivity contribution < 1.29 is 9.90 Å². The fourth-order valence-corrected chi connectivity index (χ4v) is 3.86. The minimum atomic E-state index is -0.403. The molecule has 100 valence electrons. The van der Waals surface area contributed by atoms with Gasteiger partial charge in [-0.25, -0.2) is 0 Å². The van der Waals surface area contributed by atoms with Crippen LogP contribution in [0.2, 0.25) is 0 Å². The Morgan fingerprint density at radius 3 is 2.67 bits per heavy atom. The number of aliphatic hydroxyl groups excluding tert-OH is 1. The van der Waals surface area contributed by atoms with Crippen molar-refractivity contribution in [3.05, 3.63) is 20.3 Å². The van der Waals surface area contributed by atoms with Crippen LogP contribution in [0.4, 0.5) is 0 Å². The SMILES string of the molecule is Cc1cc(C(=O)NC2(CO)CCCCC2)sc1Br. The molecule has 0 atom stereocenters. The summed E-state index contributed by atoms with van der Waals surface area (Å²) in [5.41, 5.74) is 0.673. The molecular weight excluding hydrogens is 314 g/mol. The highest BCUT2D eigenvalue weighted by Gasteiger charge is 2.33. The summed E-state index contributed by atoms with van der Waals surface area (Å²) in [6.07, 6.45) is 5.10. The predicted molar refractivity (Wildman–Crippen MR) is 77.1 cm³/mol. The standard InChI is InChI=1S/C13H18BrNO2S/c1-9-7-10(18-11(9)14)12(17)15-13(8-16)5-3-2-4-6-13/h7,16H,2-6,8H2,1H3,(H,15,17). The third-order valence-electron chi connectivity index (χ3n) is 3.57. The number of amides is 1. The third kappa shape index (κ3) is 2.95. The maximum atomic E-state index is 12.2. The van der Waals surface area contributed by atoms with Crippen molar-refractivity contribution in [3.8, 4) is 0 Å². The number of carbonyl (C=O) groups excluding carboxylic acids is 1. The molecule has 1 aromatic heterocycles. The molecule has 1 fully saturated rings. The Morgan fingerprint density at radius 2 is 2.17 bits per heavy atom.